The number of amides is 2. The molecule has 1 aromatic heterocycles. The molecule has 2 amide bonds. The van der Waals surface area contributed by atoms with Crippen molar-refractivity contribution in [1.82, 2.24) is 0 Å². The molecule has 0 fully saturated rings. The van der Waals surface area contributed by atoms with E-state index in [1.54, 1.807) is 43.3 Å². The van der Waals surface area contributed by atoms with Crippen LogP contribution in [0.2, 0.25) is 0 Å². The quantitative estimate of drug-likeness (QED) is 0.279. The summed E-state index contributed by atoms with van der Waals surface area (Å²) in [5.41, 5.74) is 2.27. The van der Waals surface area contributed by atoms with Gasteiger partial charge in [0.15, 0.2) is 0 Å². The van der Waals surface area contributed by atoms with Crippen molar-refractivity contribution in [3.63, 3.8) is 0 Å². The first kappa shape index (κ1) is 19.6. The number of hydrogen-bond donors (Lipinski definition) is 0. The lowest BCUT2D eigenvalue weighted by molar-refractivity contribution is -0.120. The number of carbonyl (C=O) groups excluding carboxylic acids is 3. The van der Waals surface area contributed by atoms with Gasteiger partial charge in [-0.15, -0.1) is 0 Å². The molecule has 5 rings (SSSR count). The zero-order valence-electron chi connectivity index (χ0n) is 17.1. The molecule has 0 unspecified atom stereocenters. The molecule has 1 aliphatic heterocycles. The molecule has 1 aliphatic rings. The summed E-state index contributed by atoms with van der Waals surface area (Å²) < 4.78 is 5.59. The van der Waals surface area contributed by atoms with Crippen molar-refractivity contribution in [2.24, 2.45) is 0 Å². The van der Waals surface area contributed by atoms with Gasteiger partial charge < -0.3 is 4.42 Å². The summed E-state index contributed by atoms with van der Waals surface area (Å²) in [7, 11) is 0. The summed E-state index contributed by atoms with van der Waals surface area (Å²) in [5.74, 6) is -0.733. The van der Waals surface area contributed by atoms with Crippen LogP contribution in [0.15, 0.2) is 82.0 Å². The number of anilines is 1. The van der Waals surface area contributed by atoms with E-state index >= 15 is 0 Å². The number of carbonyl (C=O) groups is 3. The molecule has 32 heavy (non-hydrogen) atoms. The second-order valence-corrected chi connectivity index (χ2v) is 7.75. The lowest BCUT2D eigenvalue weighted by Gasteiger charge is -2.14. The third-order valence-electron chi connectivity index (χ3n) is 5.50. The molecule has 2 heterocycles. The minimum Gasteiger partial charge on any atom is -0.422 e. The van der Waals surface area contributed by atoms with Crippen LogP contribution in [0, 0.1) is 0 Å². The molecule has 0 aliphatic carbocycles. The summed E-state index contributed by atoms with van der Waals surface area (Å²) >= 11 is 0. The molecule has 6 heteroatoms. The summed E-state index contributed by atoms with van der Waals surface area (Å²) in [6.45, 7) is 1.55. The lowest BCUT2D eigenvalue weighted by Crippen LogP contribution is -2.29. The van der Waals surface area contributed by atoms with E-state index in [0.717, 1.165) is 26.6 Å². The zero-order valence-corrected chi connectivity index (χ0v) is 17.1. The van der Waals surface area contributed by atoms with Crippen LogP contribution in [0.1, 0.15) is 12.5 Å². The van der Waals surface area contributed by atoms with E-state index in [1.807, 2.05) is 24.3 Å². The molecule has 0 saturated heterocycles. The Hall–Kier alpha value is -4.32. The molecule has 0 bridgehead atoms. The minimum absolute atomic E-state index is 0.0714. The van der Waals surface area contributed by atoms with Crippen LogP contribution in [0.4, 0.5) is 5.69 Å². The monoisotopic (exact) mass is 423 g/mol. The van der Waals surface area contributed by atoms with Crippen molar-refractivity contribution >= 4 is 45.0 Å². The van der Waals surface area contributed by atoms with Crippen LogP contribution in [0.5, 0.6) is 0 Å². The Balaban J connectivity index is 1.62. The van der Waals surface area contributed by atoms with Crippen molar-refractivity contribution in [3.8, 4) is 11.1 Å². The van der Waals surface area contributed by atoms with E-state index < -0.39 is 17.4 Å². The lowest BCUT2D eigenvalue weighted by atomic mass is 9.98. The smallest absolute Gasteiger partial charge is 0.344 e. The van der Waals surface area contributed by atoms with E-state index in [1.165, 1.54) is 12.2 Å². The number of Topliss-reactive ketones (excluding diaryl/α,β-unsaturated/α-hetero) is 1. The maximum Gasteiger partial charge on any atom is 0.344 e. The molecule has 0 atom stereocenters. The topological polar surface area (TPSA) is 84.7 Å². The molecule has 0 radical (unpaired) electrons. The van der Waals surface area contributed by atoms with Crippen molar-refractivity contribution < 1.29 is 18.8 Å². The fraction of sp³-hybridized carbons (Fsp3) is 0.0769. The Labute approximate surface area is 182 Å². The fourth-order valence-electron chi connectivity index (χ4n) is 4.01. The standard InChI is InChI=1S/C26H17NO5/c1-15(28)12-16-2-3-17-6-9-23-22(20(17)13-16)14-21(26(31)32-23)18-4-7-19(8-5-18)27-24(29)10-11-25(27)30/h2-11,13-14H,12H2,1H3. The SMILES string of the molecule is CC(=O)Cc1ccc2ccc3oc(=O)c(-c4ccc(N5C(=O)C=CC5=O)cc4)cc3c2c1. The van der Waals surface area contributed by atoms with Crippen molar-refractivity contribution in [2.75, 3.05) is 4.90 Å². The first-order valence-electron chi connectivity index (χ1n) is 10.1. The Morgan fingerprint density at radius 2 is 1.53 bits per heavy atom. The Morgan fingerprint density at radius 1 is 0.844 bits per heavy atom. The van der Waals surface area contributed by atoms with Gasteiger partial charge in [0.05, 0.1) is 11.3 Å². The van der Waals surface area contributed by atoms with Gasteiger partial charge in [-0.25, -0.2) is 9.69 Å². The molecule has 3 aromatic carbocycles. The second kappa shape index (κ2) is 7.42. The van der Waals surface area contributed by atoms with Crippen LogP contribution >= 0.6 is 0 Å². The van der Waals surface area contributed by atoms with Gasteiger partial charge >= 0.3 is 5.63 Å². The fourth-order valence-corrected chi connectivity index (χ4v) is 4.01. The number of ketones is 1. The van der Waals surface area contributed by atoms with Crippen LogP contribution in [-0.2, 0) is 20.8 Å². The van der Waals surface area contributed by atoms with Gasteiger partial charge in [0.25, 0.3) is 11.8 Å². The average molecular weight is 423 g/mol. The predicted molar refractivity (Wildman–Crippen MR) is 121 cm³/mol. The van der Waals surface area contributed by atoms with Gasteiger partial charge in [-0.1, -0.05) is 30.3 Å². The number of rotatable bonds is 4. The van der Waals surface area contributed by atoms with Gasteiger partial charge in [-0.3, -0.25) is 14.4 Å². The first-order chi connectivity index (χ1) is 15.4. The van der Waals surface area contributed by atoms with E-state index in [9.17, 15) is 19.2 Å². The zero-order chi connectivity index (χ0) is 22.4. The molecule has 0 saturated carbocycles. The third kappa shape index (κ3) is 3.32. The number of benzene rings is 3. The highest BCUT2D eigenvalue weighted by Crippen LogP contribution is 2.30. The predicted octanol–water partition coefficient (Wildman–Crippen LogP) is 4.17. The Kier molecular flexibility index (Phi) is 4.56. The van der Waals surface area contributed by atoms with Gasteiger partial charge in [0.1, 0.15) is 11.4 Å². The van der Waals surface area contributed by atoms with E-state index in [4.69, 9.17) is 4.42 Å². The van der Waals surface area contributed by atoms with Gasteiger partial charge in [0, 0.05) is 24.0 Å². The van der Waals surface area contributed by atoms with Gasteiger partial charge in [-0.2, -0.15) is 0 Å². The number of imide groups is 1. The first-order valence-corrected chi connectivity index (χ1v) is 10.1. The van der Waals surface area contributed by atoms with Crippen LogP contribution in [0.3, 0.4) is 0 Å². The summed E-state index contributed by atoms with van der Waals surface area (Å²) in [6.07, 6.45) is 2.78. The Bertz CT molecular complexity index is 1510. The summed E-state index contributed by atoms with van der Waals surface area (Å²) in [4.78, 5) is 49.1. The number of hydrogen-bond acceptors (Lipinski definition) is 5. The van der Waals surface area contributed by atoms with Gasteiger partial charge in [-0.05, 0) is 59.2 Å². The van der Waals surface area contributed by atoms with Crippen LogP contribution < -0.4 is 10.5 Å². The van der Waals surface area contributed by atoms with Crippen molar-refractivity contribution in [1.29, 1.82) is 0 Å². The summed E-state index contributed by atoms with van der Waals surface area (Å²) in [5, 5.41) is 2.63. The van der Waals surface area contributed by atoms with E-state index in [-0.39, 0.29) is 5.78 Å². The molecule has 156 valence electrons. The second-order valence-electron chi connectivity index (χ2n) is 7.75. The summed E-state index contributed by atoms with van der Waals surface area (Å²) in [6, 6.07) is 17.8. The average Bonchev–Trinajstić information content (AvgIpc) is 3.11. The van der Waals surface area contributed by atoms with Crippen molar-refractivity contribution in [2.45, 2.75) is 13.3 Å². The van der Waals surface area contributed by atoms with Gasteiger partial charge in [0.2, 0.25) is 0 Å². The Morgan fingerprint density at radius 3 is 2.22 bits per heavy atom. The molecule has 0 spiro atoms. The molecular formula is C26H17NO5. The highest BCUT2D eigenvalue weighted by Gasteiger charge is 2.25. The highest BCUT2D eigenvalue weighted by molar-refractivity contribution is 6.28. The van der Waals surface area contributed by atoms with E-state index in [0.29, 0.717) is 28.8 Å². The molecule has 0 N–H and O–H groups in total. The third-order valence-corrected chi connectivity index (χ3v) is 5.50. The maximum absolute atomic E-state index is 12.7. The molecule has 6 nitrogen and oxygen atoms in total. The maximum atomic E-state index is 12.7. The largest absolute Gasteiger partial charge is 0.422 e. The molecular weight excluding hydrogens is 406 g/mol. The van der Waals surface area contributed by atoms with E-state index in [2.05, 4.69) is 0 Å². The van der Waals surface area contributed by atoms with Crippen molar-refractivity contribution in [3.05, 3.63) is 88.8 Å². The number of fused-ring (bicyclic) bond motifs is 3. The van der Waals surface area contributed by atoms with Crippen LogP contribution in [0.25, 0.3) is 32.9 Å². The highest BCUT2D eigenvalue weighted by atomic mass is 16.4. The normalized spacial score (nSPS) is 13.5. The number of nitrogens with zero attached hydrogens (tertiary/aromatic N) is 1. The molecule has 4 aromatic rings. The minimum atomic E-state index is -0.487. The van der Waals surface area contributed by atoms with Crippen LogP contribution in [-0.4, -0.2) is 17.6 Å².